The van der Waals surface area contributed by atoms with Crippen molar-refractivity contribution in [2.75, 3.05) is 10.6 Å². The Morgan fingerprint density at radius 2 is 1.56 bits per heavy atom. The van der Waals surface area contributed by atoms with Gasteiger partial charge in [-0.15, -0.1) is 0 Å². The Labute approximate surface area is 213 Å². The van der Waals surface area contributed by atoms with Crippen LogP contribution in [-0.2, 0) is 22.3 Å². The average Bonchev–Trinajstić information content (AvgIpc) is 3.04. The van der Waals surface area contributed by atoms with Gasteiger partial charge in [-0.25, -0.2) is 0 Å². The van der Waals surface area contributed by atoms with Crippen molar-refractivity contribution in [2.45, 2.75) is 12.7 Å². The van der Waals surface area contributed by atoms with Gasteiger partial charge in [0.15, 0.2) is 0 Å². The van der Waals surface area contributed by atoms with E-state index in [1.54, 1.807) is 24.3 Å². The van der Waals surface area contributed by atoms with Crippen LogP contribution in [0, 0.1) is 0 Å². The van der Waals surface area contributed by atoms with E-state index in [1.165, 1.54) is 24.3 Å². The number of amides is 3. The molecule has 36 heavy (non-hydrogen) atoms. The summed E-state index contributed by atoms with van der Waals surface area (Å²) in [6.45, 7) is 0.0527. The van der Waals surface area contributed by atoms with Crippen LogP contribution >= 0.6 is 23.2 Å². The van der Waals surface area contributed by atoms with Gasteiger partial charge >= 0.3 is 6.18 Å². The second kappa shape index (κ2) is 10.0. The highest BCUT2D eigenvalue weighted by atomic mass is 35.5. The molecule has 0 atom stereocenters. The summed E-state index contributed by atoms with van der Waals surface area (Å²) in [6, 6.07) is 17.2. The molecule has 0 aromatic heterocycles. The van der Waals surface area contributed by atoms with E-state index < -0.39 is 29.5 Å². The third kappa shape index (κ3) is 5.37. The van der Waals surface area contributed by atoms with Crippen molar-refractivity contribution >= 4 is 52.3 Å². The van der Waals surface area contributed by atoms with E-state index in [0.717, 1.165) is 28.7 Å². The molecule has 0 fully saturated rings. The van der Waals surface area contributed by atoms with Gasteiger partial charge in [0.05, 0.1) is 22.8 Å². The molecule has 2 N–H and O–H groups in total. The molecule has 0 unspecified atom stereocenters. The monoisotopic (exact) mass is 533 g/mol. The van der Waals surface area contributed by atoms with E-state index in [-0.39, 0.29) is 33.5 Å². The molecule has 3 aromatic carbocycles. The molecule has 11 heteroatoms. The van der Waals surface area contributed by atoms with Crippen molar-refractivity contribution in [1.82, 2.24) is 4.90 Å². The first-order chi connectivity index (χ1) is 17.0. The molecule has 1 aliphatic heterocycles. The lowest BCUT2D eigenvalue weighted by molar-refractivity contribution is -0.138. The summed E-state index contributed by atoms with van der Waals surface area (Å²) in [7, 11) is 0. The number of halogens is 5. The molecule has 184 valence electrons. The smallest absolute Gasteiger partial charge is 0.350 e. The van der Waals surface area contributed by atoms with Gasteiger partial charge in [0, 0.05) is 11.3 Å². The fraction of sp³-hybridized carbons (Fsp3) is 0.0800. The Kier molecular flexibility index (Phi) is 7.05. The third-order valence-corrected chi connectivity index (χ3v) is 5.93. The van der Waals surface area contributed by atoms with Crippen LogP contribution in [-0.4, -0.2) is 22.6 Å². The summed E-state index contributed by atoms with van der Waals surface area (Å²) < 4.78 is 38.9. The first kappa shape index (κ1) is 25.3. The van der Waals surface area contributed by atoms with Crippen molar-refractivity contribution in [3.05, 3.63) is 105 Å². The van der Waals surface area contributed by atoms with Crippen molar-refractivity contribution < 1.29 is 27.6 Å². The Hall–Kier alpha value is -3.82. The number of carbonyl (C=O) groups is 3. The van der Waals surface area contributed by atoms with Crippen LogP contribution in [0.2, 0.25) is 5.02 Å². The largest absolute Gasteiger partial charge is 0.416 e. The molecule has 0 saturated heterocycles. The molecule has 4 rings (SSSR count). The number of benzene rings is 3. The number of hydrogen-bond acceptors (Lipinski definition) is 4. The number of rotatable bonds is 6. The van der Waals surface area contributed by atoms with Crippen LogP contribution in [0.4, 0.5) is 24.5 Å². The molecule has 0 spiro atoms. The number of alkyl halides is 3. The van der Waals surface area contributed by atoms with Crippen LogP contribution < -0.4 is 10.6 Å². The Bertz CT molecular complexity index is 1370. The van der Waals surface area contributed by atoms with Gasteiger partial charge in [-0.2, -0.15) is 13.2 Å². The lowest BCUT2D eigenvalue weighted by atomic mass is 10.1. The van der Waals surface area contributed by atoms with Gasteiger partial charge in [-0.05, 0) is 48.0 Å². The lowest BCUT2D eigenvalue weighted by Gasteiger charge is -2.15. The van der Waals surface area contributed by atoms with E-state index >= 15 is 0 Å². The Morgan fingerprint density at radius 3 is 2.19 bits per heavy atom. The predicted octanol–water partition coefficient (Wildman–Crippen LogP) is 6.04. The molecule has 0 bridgehead atoms. The summed E-state index contributed by atoms with van der Waals surface area (Å²) in [4.78, 5) is 38.8. The zero-order valence-corrected chi connectivity index (χ0v) is 19.7. The first-order valence-electron chi connectivity index (χ1n) is 10.4. The number of nitrogens with one attached hydrogen (secondary N) is 2. The summed E-state index contributed by atoms with van der Waals surface area (Å²) >= 11 is 12.0. The molecular formula is C25H16Cl2F3N3O3. The van der Waals surface area contributed by atoms with Crippen LogP contribution in [0.15, 0.2) is 83.5 Å². The minimum absolute atomic E-state index is 0.0527. The SMILES string of the molecule is O=C(Nc1cc(C(F)(F)F)ccc1Cl)c1ccc(NC2=C(Cl)C(=O)N(Cc3ccccc3)C2=O)cc1. The summed E-state index contributed by atoms with van der Waals surface area (Å²) in [6.07, 6.45) is -4.59. The summed E-state index contributed by atoms with van der Waals surface area (Å²) in [5, 5.41) is 4.83. The second-order valence-corrected chi connectivity index (χ2v) is 8.51. The van der Waals surface area contributed by atoms with Crippen LogP contribution in [0.1, 0.15) is 21.5 Å². The molecule has 0 saturated carbocycles. The topological polar surface area (TPSA) is 78.5 Å². The zero-order chi connectivity index (χ0) is 26.0. The van der Waals surface area contributed by atoms with E-state index in [2.05, 4.69) is 10.6 Å². The van der Waals surface area contributed by atoms with Gasteiger partial charge in [0.1, 0.15) is 10.7 Å². The molecule has 0 aliphatic carbocycles. The van der Waals surface area contributed by atoms with Crippen molar-refractivity contribution in [3.8, 4) is 0 Å². The van der Waals surface area contributed by atoms with E-state index in [4.69, 9.17) is 23.2 Å². The highest BCUT2D eigenvalue weighted by Crippen LogP contribution is 2.34. The lowest BCUT2D eigenvalue weighted by Crippen LogP contribution is -2.31. The predicted molar refractivity (Wildman–Crippen MR) is 129 cm³/mol. The number of carbonyl (C=O) groups excluding carboxylic acids is 3. The van der Waals surface area contributed by atoms with Crippen LogP contribution in [0.25, 0.3) is 0 Å². The molecule has 0 radical (unpaired) electrons. The maximum Gasteiger partial charge on any atom is 0.416 e. The van der Waals surface area contributed by atoms with Gasteiger partial charge in [0.25, 0.3) is 17.7 Å². The van der Waals surface area contributed by atoms with E-state index in [0.29, 0.717) is 5.69 Å². The van der Waals surface area contributed by atoms with Crippen LogP contribution in [0.5, 0.6) is 0 Å². The standard InChI is InChI=1S/C25H16Cl2F3N3O3/c26-18-11-8-16(25(28,29)30)12-19(18)32-22(34)15-6-9-17(10-7-15)31-21-20(27)23(35)33(24(21)36)13-14-4-2-1-3-5-14/h1-12,31H,13H2,(H,32,34). The average molecular weight is 534 g/mol. The maximum absolute atomic E-state index is 13.0. The number of anilines is 2. The van der Waals surface area contributed by atoms with Crippen molar-refractivity contribution in [2.24, 2.45) is 0 Å². The molecular weight excluding hydrogens is 518 g/mol. The van der Waals surface area contributed by atoms with E-state index in [9.17, 15) is 27.6 Å². The van der Waals surface area contributed by atoms with Gasteiger partial charge in [-0.1, -0.05) is 53.5 Å². The molecule has 3 amide bonds. The number of hydrogen-bond donors (Lipinski definition) is 2. The quantitative estimate of drug-likeness (QED) is 0.378. The van der Waals surface area contributed by atoms with E-state index in [1.807, 2.05) is 6.07 Å². The van der Waals surface area contributed by atoms with Gasteiger partial charge in [-0.3, -0.25) is 19.3 Å². The maximum atomic E-state index is 13.0. The number of nitrogens with zero attached hydrogens (tertiary/aromatic N) is 1. The van der Waals surface area contributed by atoms with Crippen molar-refractivity contribution in [1.29, 1.82) is 0 Å². The molecule has 6 nitrogen and oxygen atoms in total. The Morgan fingerprint density at radius 1 is 0.889 bits per heavy atom. The summed E-state index contributed by atoms with van der Waals surface area (Å²) in [5.41, 5.74) is -0.0203. The third-order valence-electron chi connectivity index (χ3n) is 5.25. The minimum Gasteiger partial charge on any atom is -0.350 e. The van der Waals surface area contributed by atoms with Gasteiger partial charge < -0.3 is 10.6 Å². The second-order valence-electron chi connectivity index (χ2n) is 7.72. The van der Waals surface area contributed by atoms with Crippen LogP contribution in [0.3, 0.4) is 0 Å². The molecule has 1 aliphatic rings. The van der Waals surface area contributed by atoms with Crippen molar-refractivity contribution in [3.63, 3.8) is 0 Å². The first-order valence-corrected chi connectivity index (χ1v) is 11.2. The summed E-state index contributed by atoms with van der Waals surface area (Å²) in [5.74, 6) is -1.93. The highest BCUT2D eigenvalue weighted by Gasteiger charge is 2.37. The normalized spacial score (nSPS) is 13.9. The molecule has 1 heterocycles. The fourth-order valence-corrected chi connectivity index (χ4v) is 3.80. The van der Waals surface area contributed by atoms with Gasteiger partial charge in [0.2, 0.25) is 0 Å². The minimum atomic E-state index is -4.59. The fourth-order valence-electron chi connectivity index (χ4n) is 3.41. The Balaban J connectivity index is 1.45. The molecule has 3 aromatic rings. The number of imide groups is 1. The zero-order valence-electron chi connectivity index (χ0n) is 18.2. The highest BCUT2D eigenvalue weighted by molar-refractivity contribution is 6.48.